The van der Waals surface area contributed by atoms with Gasteiger partial charge in [0, 0.05) is 12.8 Å². The number of ether oxygens (including phenoxy) is 3. The molecule has 40 heavy (non-hydrogen) atoms. The third-order valence-electron chi connectivity index (χ3n) is 5.68. The van der Waals surface area contributed by atoms with Gasteiger partial charge in [-0.3, -0.25) is 9.59 Å². The maximum Gasteiger partial charge on any atom is 0.362 e. The lowest BCUT2D eigenvalue weighted by Crippen LogP contribution is -2.50. The summed E-state index contributed by atoms with van der Waals surface area (Å²) < 4.78 is 16.6. The van der Waals surface area contributed by atoms with E-state index < -0.39 is 24.1 Å². The van der Waals surface area contributed by atoms with Gasteiger partial charge >= 0.3 is 17.9 Å². The molecule has 8 heteroatoms. The molecule has 0 aromatic carbocycles. The molecule has 0 spiro atoms. The summed E-state index contributed by atoms with van der Waals surface area (Å²) in [5.74, 6) is -1.71. The minimum atomic E-state index is -0.898. The summed E-state index contributed by atoms with van der Waals surface area (Å²) in [6.07, 6.45) is 25.8. The van der Waals surface area contributed by atoms with Gasteiger partial charge in [0.2, 0.25) is 0 Å². The van der Waals surface area contributed by atoms with Crippen molar-refractivity contribution in [2.45, 2.75) is 83.8 Å². The summed E-state index contributed by atoms with van der Waals surface area (Å²) in [6.45, 7) is 4.09. The standard InChI is InChI=1S/C32H51NO7/c1-6-8-9-10-11-12-13-14-15-16-17-18-19-20-21-23-31(35)40-28(27-39-30(34)22-7-2)26-38-25-24-29(32(36)37)33(3,4)5/h8-9,11-12,14-15,17-18,20-21,28-29H,6-7,10,13,16,19,22-27H2,1-5H3/p+1/b9-8-,12-11-,15-14-,18-17-,21-20-. The van der Waals surface area contributed by atoms with Crippen molar-refractivity contribution in [1.29, 1.82) is 0 Å². The molecule has 0 saturated carbocycles. The quantitative estimate of drug-likeness (QED) is 0.0711. The van der Waals surface area contributed by atoms with Gasteiger partial charge in [0.1, 0.15) is 6.61 Å². The maximum absolute atomic E-state index is 12.3. The highest BCUT2D eigenvalue weighted by atomic mass is 16.6. The number of quaternary nitrogens is 1. The first-order valence-electron chi connectivity index (χ1n) is 14.3. The molecule has 0 aliphatic heterocycles. The summed E-state index contributed by atoms with van der Waals surface area (Å²) in [5.41, 5.74) is 0. The van der Waals surface area contributed by atoms with E-state index in [2.05, 4.69) is 49.5 Å². The van der Waals surface area contributed by atoms with Crippen molar-refractivity contribution < 1.29 is 38.2 Å². The largest absolute Gasteiger partial charge is 0.477 e. The van der Waals surface area contributed by atoms with Crippen LogP contribution in [0.5, 0.6) is 0 Å². The predicted molar refractivity (Wildman–Crippen MR) is 160 cm³/mol. The summed E-state index contributed by atoms with van der Waals surface area (Å²) in [7, 11) is 5.43. The Morgan fingerprint density at radius 2 is 1.27 bits per heavy atom. The van der Waals surface area contributed by atoms with E-state index in [1.54, 1.807) is 6.08 Å². The Labute approximate surface area is 241 Å². The first-order valence-corrected chi connectivity index (χ1v) is 14.3. The van der Waals surface area contributed by atoms with Crippen molar-refractivity contribution in [3.05, 3.63) is 60.8 Å². The van der Waals surface area contributed by atoms with Crippen molar-refractivity contribution in [3.8, 4) is 0 Å². The first-order chi connectivity index (χ1) is 19.1. The number of hydrogen-bond acceptors (Lipinski definition) is 6. The second kappa shape index (κ2) is 23.9. The zero-order chi connectivity index (χ0) is 30.1. The Kier molecular flexibility index (Phi) is 22.1. The van der Waals surface area contributed by atoms with Crippen molar-refractivity contribution >= 4 is 17.9 Å². The van der Waals surface area contributed by atoms with Gasteiger partial charge in [0.15, 0.2) is 12.1 Å². The highest BCUT2D eigenvalue weighted by Gasteiger charge is 2.31. The highest BCUT2D eigenvalue weighted by Crippen LogP contribution is 2.09. The van der Waals surface area contributed by atoms with Gasteiger partial charge in [-0.2, -0.15) is 0 Å². The maximum atomic E-state index is 12.3. The SMILES string of the molecule is CC/C=C\C/C=C\C/C=C\C/C=C\C/C=C\CC(=O)OC(COCCC(C(=O)O)[N+](C)(C)C)COC(=O)CCC. The van der Waals surface area contributed by atoms with Gasteiger partial charge in [0.05, 0.1) is 40.8 Å². The van der Waals surface area contributed by atoms with E-state index in [1.807, 2.05) is 40.2 Å². The lowest BCUT2D eigenvalue weighted by atomic mass is 10.1. The zero-order valence-corrected chi connectivity index (χ0v) is 25.3. The van der Waals surface area contributed by atoms with Crippen LogP contribution in [0.1, 0.15) is 71.6 Å². The highest BCUT2D eigenvalue weighted by molar-refractivity contribution is 5.72. The number of esters is 2. The molecule has 2 atom stereocenters. The van der Waals surface area contributed by atoms with E-state index in [9.17, 15) is 19.5 Å². The molecule has 0 aliphatic carbocycles. The van der Waals surface area contributed by atoms with Crippen LogP contribution in [-0.2, 0) is 28.6 Å². The third-order valence-corrected chi connectivity index (χ3v) is 5.68. The molecule has 0 aromatic heterocycles. The minimum absolute atomic E-state index is 0.0142. The van der Waals surface area contributed by atoms with Crippen LogP contribution in [-0.4, -0.2) is 80.6 Å². The van der Waals surface area contributed by atoms with Crippen molar-refractivity contribution in [2.75, 3.05) is 41.0 Å². The summed E-state index contributed by atoms with van der Waals surface area (Å²) in [4.78, 5) is 35.6. The fourth-order valence-corrected chi connectivity index (χ4v) is 3.49. The van der Waals surface area contributed by atoms with Crippen LogP contribution in [0.2, 0.25) is 0 Å². The molecule has 8 nitrogen and oxygen atoms in total. The molecular weight excluding hydrogens is 510 g/mol. The zero-order valence-electron chi connectivity index (χ0n) is 25.3. The molecule has 1 N–H and O–H groups in total. The van der Waals surface area contributed by atoms with Crippen LogP contribution in [0.3, 0.4) is 0 Å². The number of rotatable bonds is 23. The van der Waals surface area contributed by atoms with Gasteiger partial charge in [-0.25, -0.2) is 4.79 Å². The number of aliphatic carboxylic acids is 1. The van der Waals surface area contributed by atoms with Gasteiger partial charge in [-0.15, -0.1) is 0 Å². The van der Waals surface area contributed by atoms with Crippen molar-refractivity contribution in [3.63, 3.8) is 0 Å². The Morgan fingerprint density at radius 3 is 1.75 bits per heavy atom. The van der Waals surface area contributed by atoms with E-state index >= 15 is 0 Å². The van der Waals surface area contributed by atoms with Gasteiger partial charge in [-0.05, 0) is 38.5 Å². The average Bonchev–Trinajstić information content (AvgIpc) is 2.88. The van der Waals surface area contributed by atoms with E-state index in [4.69, 9.17) is 14.2 Å². The van der Waals surface area contributed by atoms with E-state index in [0.29, 0.717) is 19.3 Å². The van der Waals surface area contributed by atoms with Crippen LogP contribution < -0.4 is 0 Å². The van der Waals surface area contributed by atoms with E-state index in [0.717, 1.165) is 25.7 Å². The lowest BCUT2D eigenvalue weighted by Gasteiger charge is -2.31. The number of nitrogens with zero attached hydrogens (tertiary/aromatic N) is 1. The molecular formula is C32H52NO7+. The summed E-state index contributed by atoms with van der Waals surface area (Å²) >= 11 is 0. The first kappa shape index (κ1) is 37.0. The van der Waals surface area contributed by atoms with Crippen LogP contribution in [0.15, 0.2) is 60.8 Å². The molecule has 0 radical (unpaired) electrons. The molecule has 0 fully saturated rings. The van der Waals surface area contributed by atoms with Crippen LogP contribution >= 0.6 is 0 Å². The fourth-order valence-electron chi connectivity index (χ4n) is 3.49. The molecule has 226 valence electrons. The molecule has 0 bridgehead atoms. The molecule has 0 saturated heterocycles. The fraction of sp³-hybridized carbons (Fsp3) is 0.594. The van der Waals surface area contributed by atoms with Gasteiger partial charge < -0.3 is 23.8 Å². The number of carbonyl (C=O) groups excluding carboxylic acids is 2. The number of likely N-dealkylation sites (N-methyl/N-ethyl adjacent to an activating group) is 1. The van der Waals surface area contributed by atoms with Crippen LogP contribution in [0, 0.1) is 0 Å². The number of carbonyl (C=O) groups is 3. The normalized spacial score (nSPS) is 14.1. The Hall–Kier alpha value is -2.97. The number of carboxylic acids is 1. The molecule has 2 unspecified atom stereocenters. The van der Waals surface area contributed by atoms with E-state index in [-0.39, 0.29) is 43.1 Å². The monoisotopic (exact) mass is 562 g/mol. The molecule has 0 aromatic rings. The van der Waals surface area contributed by atoms with Gasteiger partial charge in [-0.1, -0.05) is 74.6 Å². The number of hydrogen-bond donors (Lipinski definition) is 1. The topological polar surface area (TPSA) is 99.1 Å². The van der Waals surface area contributed by atoms with Crippen LogP contribution in [0.25, 0.3) is 0 Å². The minimum Gasteiger partial charge on any atom is -0.477 e. The van der Waals surface area contributed by atoms with Gasteiger partial charge in [0.25, 0.3) is 0 Å². The Balaban J connectivity index is 4.47. The second-order valence-corrected chi connectivity index (χ2v) is 10.3. The second-order valence-electron chi connectivity index (χ2n) is 10.3. The average molecular weight is 563 g/mol. The molecule has 0 aliphatic rings. The summed E-state index contributed by atoms with van der Waals surface area (Å²) in [5, 5.41) is 9.45. The van der Waals surface area contributed by atoms with Crippen molar-refractivity contribution in [2.24, 2.45) is 0 Å². The smallest absolute Gasteiger partial charge is 0.362 e. The number of allylic oxidation sites excluding steroid dienone is 9. The van der Waals surface area contributed by atoms with Crippen molar-refractivity contribution in [1.82, 2.24) is 0 Å². The Bertz CT molecular complexity index is 850. The lowest BCUT2D eigenvalue weighted by molar-refractivity contribution is -0.887. The molecule has 0 heterocycles. The Morgan fingerprint density at radius 1 is 0.750 bits per heavy atom. The van der Waals surface area contributed by atoms with Crippen LogP contribution in [0.4, 0.5) is 0 Å². The number of carboxylic acid groups (broad SMARTS) is 1. The molecule has 0 rings (SSSR count). The van der Waals surface area contributed by atoms with E-state index in [1.165, 1.54) is 0 Å². The summed E-state index contributed by atoms with van der Waals surface area (Å²) in [6, 6.07) is -0.626. The predicted octanol–water partition coefficient (Wildman–Crippen LogP) is 5.95. The molecule has 0 amide bonds. The third kappa shape index (κ3) is 21.9.